The minimum absolute atomic E-state index is 0.0335. The van der Waals surface area contributed by atoms with E-state index in [2.05, 4.69) is 10.6 Å². The number of amides is 2. The van der Waals surface area contributed by atoms with Gasteiger partial charge in [-0.15, -0.1) is 0 Å². The Morgan fingerprint density at radius 2 is 1.85 bits per heavy atom. The summed E-state index contributed by atoms with van der Waals surface area (Å²) in [5, 5.41) is 5.73. The van der Waals surface area contributed by atoms with Gasteiger partial charge >= 0.3 is 0 Å². The molecule has 2 amide bonds. The van der Waals surface area contributed by atoms with Crippen LogP contribution in [0, 0.1) is 0 Å². The minimum Gasteiger partial charge on any atom is -0.397 e. The molecule has 110 valence electrons. The fourth-order valence-electron chi connectivity index (χ4n) is 1.53. The topological polar surface area (TPSA) is 87.5 Å². The van der Waals surface area contributed by atoms with E-state index in [-0.39, 0.29) is 35.6 Å². The largest absolute Gasteiger partial charge is 0.397 e. The lowest BCUT2D eigenvalue weighted by Crippen LogP contribution is -2.37. The number of nitrogens with zero attached hydrogens (tertiary/aromatic N) is 1. The number of anilines is 2. The van der Waals surface area contributed by atoms with E-state index in [4.69, 9.17) is 28.9 Å². The molecule has 0 bridgehead atoms. The standard InChI is InChI=1S/C12H16Cl2N4O2/c1-16-10(19)5-18(2)6-11(20)17-12-8(14)3-7(13)4-9(12)15/h3-4H,5-6,15H2,1-2H3,(H,16,19)(H,17,20). The van der Waals surface area contributed by atoms with Crippen LogP contribution >= 0.6 is 23.2 Å². The highest BCUT2D eigenvalue weighted by Crippen LogP contribution is 2.31. The maximum atomic E-state index is 11.9. The van der Waals surface area contributed by atoms with E-state index in [0.29, 0.717) is 10.7 Å². The highest BCUT2D eigenvalue weighted by molar-refractivity contribution is 6.37. The van der Waals surface area contributed by atoms with E-state index in [1.165, 1.54) is 19.2 Å². The van der Waals surface area contributed by atoms with Gasteiger partial charge in [-0.05, 0) is 19.2 Å². The molecule has 0 saturated heterocycles. The summed E-state index contributed by atoms with van der Waals surface area (Å²) in [7, 11) is 3.19. The molecule has 0 heterocycles. The quantitative estimate of drug-likeness (QED) is 0.712. The molecule has 0 atom stereocenters. The minimum atomic E-state index is -0.327. The van der Waals surface area contributed by atoms with Crippen LogP contribution in [-0.2, 0) is 9.59 Å². The van der Waals surface area contributed by atoms with Crippen LogP contribution in [0.2, 0.25) is 10.0 Å². The van der Waals surface area contributed by atoms with Gasteiger partial charge in [-0.25, -0.2) is 0 Å². The van der Waals surface area contributed by atoms with Crippen LogP contribution in [0.3, 0.4) is 0 Å². The highest BCUT2D eigenvalue weighted by Gasteiger charge is 2.13. The molecule has 0 aliphatic heterocycles. The molecule has 0 fully saturated rings. The molecule has 6 nitrogen and oxygen atoms in total. The number of rotatable bonds is 5. The maximum Gasteiger partial charge on any atom is 0.238 e. The number of nitrogens with two attached hydrogens (primary N) is 1. The zero-order valence-electron chi connectivity index (χ0n) is 11.2. The van der Waals surface area contributed by atoms with Crippen LogP contribution in [0.1, 0.15) is 0 Å². The van der Waals surface area contributed by atoms with E-state index in [9.17, 15) is 9.59 Å². The van der Waals surface area contributed by atoms with Crippen LogP contribution in [0.25, 0.3) is 0 Å². The lowest BCUT2D eigenvalue weighted by atomic mass is 10.2. The van der Waals surface area contributed by atoms with Crippen molar-refractivity contribution in [2.45, 2.75) is 0 Å². The van der Waals surface area contributed by atoms with Crippen molar-refractivity contribution in [3.63, 3.8) is 0 Å². The number of hydrogen-bond acceptors (Lipinski definition) is 4. The molecule has 20 heavy (non-hydrogen) atoms. The third kappa shape index (κ3) is 4.88. The fraction of sp³-hybridized carbons (Fsp3) is 0.333. The maximum absolute atomic E-state index is 11.9. The summed E-state index contributed by atoms with van der Waals surface area (Å²) in [5.74, 6) is -0.503. The van der Waals surface area contributed by atoms with Gasteiger partial charge in [-0.2, -0.15) is 0 Å². The SMILES string of the molecule is CNC(=O)CN(C)CC(=O)Nc1c(N)cc(Cl)cc1Cl. The molecule has 0 saturated carbocycles. The molecule has 0 aliphatic carbocycles. The number of nitrogens with one attached hydrogen (secondary N) is 2. The molecule has 0 aliphatic rings. The second-order valence-electron chi connectivity index (χ2n) is 4.25. The Balaban J connectivity index is 2.65. The molecular weight excluding hydrogens is 303 g/mol. The van der Waals surface area contributed by atoms with E-state index in [1.807, 2.05) is 0 Å². The van der Waals surface area contributed by atoms with Crippen molar-refractivity contribution in [2.75, 3.05) is 38.2 Å². The Morgan fingerprint density at radius 3 is 2.40 bits per heavy atom. The lowest BCUT2D eigenvalue weighted by molar-refractivity contribution is -0.122. The number of nitrogen functional groups attached to an aromatic ring is 1. The Hall–Kier alpha value is -1.50. The Morgan fingerprint density at radius 1 is 1.25 bits per heavy atom. The van der Waals surface area contributed by atoms with Crippen molar-refractivity contribution in [2.24, 2.45) is 0 Å². The molecular formula is C12H16Cl2N4O2. The van der Waals surface area contributed by atoms with Crippen molar-refractivity contribution in [1.82, 2.24) is 10.2 Å². The van der Waals surface area contributed by atoms with Gasteiger partial charge < -0.3 is 16.4 Å². The van der Waals surface area contributed by atoms with Crippen molar-refractivity contribution in [1.29, 1.82) is 0 Å². The van der Waals surface area contributed by atoms with E-state index in [0.717, 1.165) is 0 Å². The first-order chi connectivity index (χ1) is 9.33. The summed E-state index contributed by atoms with van der Waals surface area (Å²) < 4.78 is 0. The molecule has 4 N–H and O–H groups in total. The third-order valence-corrected chi connectivity index (χ3v) is 2.97. The molecule has 0 aromatic heterocycles. The zero-order valence-corrected chi connectivity index (χ0v) is 12.7. The van der Waals surface area contributed by atoms with Crippen molar-refractivity contribution in [3.8, 4) is 0 Å². The van der Waals surface area contributed by atoms with Gasteiger partial charge in [-0.3, -0.25) is 14.5 Å². The number of halogens is 2. The first-order valence-corrected chi connectivity index (χ1v) is 6.52. The van der Waals surface area contributed by atoms with Gasteiger partial charge in [0.25, 0.3) is 0 Å². The Bertz CT molecular complexity index is 499. The Kier molecular flexibility index (Phi) is 6.06. The van der Waals surface area contributed by atoms with Gasteiger partial charge in [0.1, 0.15) is 0 Å². The average Bonchev–Trinajstić information content (AvgIpc) is 2.33. The average molecular weight is 319 g/mol. The first kappa shape index (κ1) is 16.6. The summed E-state index contributed by atoms with van der Waals surface area (Å²) in [5.41, 5.74) is 6.34. The summed E-state index contributed by atoms with van der Waals surface area (Å²) in [4.78, 5) is 24.6. The highest BCUT2D eigenvalue weighted by atomic mass is 35.5. The number of carbonyl (C=O) groups is 2. The second-order valence-corrected chi connectivity index (χ2v) is 5.09. The molecule has 8 heteroatoms. The van der Waals surface area contributed by atoms with Crippen LogP contribution in [0.5, 0.6) is 0 Å². The summed E-state index contributed by atoms with van der Waals surface area (Å²) in [6, 6.07) is 2.99. The Labute approximate surface area is 127 Å². The molecule has 1 aromatic rings. The van der Waals surface area contributed by atoms with Crippen molar-refractivity contribution in [3.05, 3.63) is 22.2 Å². The number of carbonyl (C=O) groups excluding carboxylic acids is 2. The van der Waals surface area contributed by atoms with Crippen LogP contribution in [0.15, 0.2) is 12.1 Å². The zero-order chi connectivity index (χ0) is 15.3. The molecule has 0 spiro atoms. The van der Waals surface area contributed by atoms with Crippen LogP contribution < -0.4 is 16.4 Å². The smallest absolute Gasteiger partial charge is 0.238 e. The predicted molar refractivity (Wildman–Crippen MR) is 81.1 cm³/mol. The van der Waals surface area contributed by atoms with E-state index >= 15 is 0 Å². The van der Waals surface area contributed by atoms with Gasteiger partial charge in [-0.1, -0.05) is 23.2 Å². The van der Waals surface area contributed by atoms with E-state index in [1.54, 1.807) is 11.9 Å². The van der Waals surface area contributed by atoms with Gasteiger partial charge in [0.2, 0.25) is 11.8 Å². The van der Waals surface area contributed by atoms with Crippen molar-refractivity contribution < 1.29 is 9.59 Å². The molecule has 0 radical (unpaired) electrons. The number of likely N-dealkylation sites (N-methyl/N-ethyl adjacent to an activating group) is 2. The molecule has 1 aromatic carbocycles. The monoisotopic (exact) mass is 318 g/mol. The summed E-state index contributed by atoms with van der Waals surface area (Å²) in [6.45, 7) is 0.152. The summed E-state index contributed by atoms with van der Waals surface area (Å²) >= 11 is 11.8. The fourth-order valence-corrected chi connectivity index (χ4v) is 2.09. The van der Waals surface area contributed by atoms with Crippen LogP contribution in [0.4, 0.5) is 11.4 Å². The molecule has 0 unspecified atom stereocenters. The van der Waals surface area contributed by atoms with Crippen molar-refractivity contribution >= 4 is 46.4 Å². The summed E-state index contributed by atoms with van der Waals surface area (Å²) in [6.07, 6.45) is 0. The van der Waals surface area contributed by atoms with Gasteiger partial charge in [0.05, 0.1) is 29.5 Å². The first-order valence-electron chi connectivity index (χ1n) is 5.77. The number of hydrogen-bond donors (Lipinski definition) is 3. The van der Waals surface area contributed by atoms with E-state index < -0.39 is 0 Å². The third-order valence-electron chi connectivity index (χ3n) is 2.46. The normalized spacial score (nSPS) is 10.4. The van der Waals surface area contributed by atoms with Gasteiger partial charge in [0, 0.05) is 12.1 Å². The van der Waals surface area contributed by atoms with Gasteiger partial charge in [0.15, 0.2) is 0 Å². The second kappa shape index (κ2) is 7.33. The predicted octanol–water partition coefficient (Wildman–Crippen LogP) is 1.19. The van der Waals surface area contributed by atoms with Crippen LogP contribution in [-0.4, -0.2) is 43.9 Å². The lowest BCUT2D eigenvalue weighted by Gasteiger charge is -2.16. The molecule has 1 rings (SSSR count). The number of benzene rings is 1.